The molecule has 4 rings (SSSR count). The topological polar surface area (TPSA) is 106 Å². The summed E-state index contributed by atoms with van der Waals surface area (Å²) in [5.74, 6) is 2.29. The van der Waals surface area contributed by atoms with E-state index in [0.717, 1.165) is 0 Å². The van der Waals surface area contributed by atoms with Crippen molar-refractivity contribution in [1.29, 1.82) is 5.26 Å². The van der Waals surface area contributed by atoms with E-state index >= 15 is 0 Å². The van der Waals surface area contributed by atoms with Gasteiger partial charge in [-0.25, -0.2) is 4.79 Å². The highest BCUT2D eigenvalue weighted by Gasteiger charge is 2.11. The zero-order valence-electron chi connectivity index (χ0n) is 18.0. The van der Waals surface area contributed by atoms with Crippen LogP contribution in [0.2, 0.25) is 0 Å². The minimum Gasteiger partial charge on any atom is -0.497 e. The predicted molar refractivity (Wildman–Crippen MR) is 125 cm³/mol. The van der Waals surface area contributed by atoms with Gasteiger partial charge in [0.25, 0.3) is 0 Å². The van der Waals surface area contributed by atoms with Crippen molar-refractivity contribution in [2.75, 3.05) is 24.9 Å². The fourth-order valence-electron chi connectivity index (χ4n) is 3.19. The molecule has 0 radical (unpaired) electrons. The van der Waals surface area contributed by atoms with Crippen LogP contribution in [0.5, 0.6) is 23.0 Å². The summed E-state index contributed by atoms with van der Waals surface area (Å²) in [6, 6.07) is 20.8. The lowest BCUT2D eigenvalue weighted by Crippen LogP contribution is -2.19. The number of carbonyl (C=O) groups excluding carboxylic acids is 1. The third kappa shape index (κ3) is 4.94. The summed E-state index contributed by atoms with van der Waals surface area (Å²) in [4.78, 5) is 16.6. The first-order valence-corrected chi connectivity index (χ1v) is 9.96. The summed E-state index contributed by atoms with van der Waals surface area (Å²) in [7, 11) is 3.09. The number of aromatic nitrogens is 1. The van der Waals surface area contributed by atoms with E-state index in [2.05, 4.69) is 21.7 Å². The number of nitrogens with one attached hydrogen (secondary N) is 2. The van der Waals surface area contributed by atoms with Crippen molar-refractivity contribution in [1.82, 2.24) is 4.98 Å². The van der Waals surface area contributed by atoms with Crippen molar-refractivity contribution in [2.45, 2.75) is 0 Å². The SMILES string of the molecule is COc1ccc(NC(=O)Nc2ccc(Oc3ccnc4cc(OC)c(C#N)cc34)cc2)cc1. The molecule has 164 valence electrons. The average molecular weight is 440 g/mol. The van der Waals surface area contributed by atoms with E-state index in [0.29, 0.717) is 50.8 Å². The molecule has 1 heterocycles. The lowest BCUT2D eigenvalue weighted by Gasteiger charge is -2.12. The number of benzene rings is 3. The van der Waals surface area contributed by atoms with Gasteiger partial charge < -0.3 is 24.8 Å². The van der Waals surface area contributed by atoms with E-state index in [1.54, 1.807) is 80.0 Å². The van der Waals surface area contributed by atoms with Crippen LogP contribution in [0.1, 0.15) is 5.56 Å². The summed E-state index contributed by atoms with van der Waals surface area (Å²) in [5.41, 5.74) is 2.29. The largest absolute Gasteiger partial charge is 0.497 e. The second kappa shape index (κ2) is 9.58. The molecular weight excluding hydrogens is 420 g/mol. The van der Waals surface area contributed by atoms with Crippen LogP contribution in [0.25, 0.3) is 10.9 Å². The van der Waals surface area contributed by atoms with E-state index in [1.807, 2.05) is 0 Å². The maximum absolute atomic E-state index is 12.2. The molecule has 8 nitrogen and oxygen atoms in total. The molecule has 0 aliphatic rings. The molecule has 1 aromatic heterocycles. The average Bonchev–Trinajstić information content (AvgIpc) is 2.85. The number of rotatable bonds is 6. The Hall–Kier alpha value is -4.77. The zero-order valence-corrected chi connectivity index (χ0v) is 18.0. The molecule has 0 aliphatic carbocycles. The smallest absolute Gasteiger partial charge is 0.323 e. The molecule has 0 saturated heterocycles. The third-order valence-electron chi connectivity index (χ3n) is 4.83. The van der Waals surface area contributed by atoms with Crippen molar-refractivity contribution in [3.63, 3.8) is 0 Å². The molecule has 0 aliphatic heterocycles. The maximum atomic E-state index is 12.2. The summed E-state index contributed by atoms with van der Waals surface area (Å²) < 4.78 is 16.4. The standard InChI is InChI=1S/C25H20N4O4/c1-31-19-7-3-17(4-8-19)28-25(30)29-18-5-9-20(10-6-18)33-23-11-12-27-22-14-24(32-2)16(15-26)13-21(22)23/h3-14H,1-2H3,(H2,28,29,30). The van der Waals surface area contributed by atoms with E-state index in [9.17, 15) is 10.1 Å². The monoisotopic (exact) mass is 440 g/mol. The Morgan fingerprint density at radius 2 is 1.48 bits per heavy atom. The normalized spacial score (nSPS) is 10.2. The summed E-state index contributed by atoms with van der Waals surface area (Å²) in [5, 5.41) is 15.6. The molecule has 3 aromatic carbocycles. The molecule has 0 atom stereocenters. The number of anilines is 2. The Kier molecular flexibility index (Phi) is 6.23. The second-order valence-electron chi connectivity index (χ2n) is 6.92. The van der Waals surface area contributed by atoms with E-state index in [1.165, 1.54) is 7.11 Å². The molecule has 33 heavy (non-hydrogen) atoms. The maximum Gasteiger partial charge on any atom is 0.323 e. The van der Waals surface area contributed by atoms with Crippen LogP contribution in [-0.4, -0.2) is 25.2 Å². The van der Waals surface area contributed by atoms with Gasteiger partial charge in [-0.15, -0.1) is 0 Å². The molecule has 4 aromatic rings. The number of amides is 2. The van der Waals surface area contributed by atoms with E-state index < -0.39 is 0 Å². The number of fused-ring (bicyclic) bond motifs is 1. The minimum atomic E-state index is -0.369. The molecule has 0 fully saturated rings. The minimum absolute atomic E-state index is 0.369. The van der Waals surface area contributed by atoms with Gasteiger partial charge in [0.15, 0.2) is 0 Å². The lowest BCUT2D eigenvalue weighted by atomic mass is 10.1. The van der Waals surface area contributed by atoms with Crippen LogP contribution in [0.15, 0.2) is 72.9 Å². The predicted octanol–water partition coefficient (Wildman–Crippen LogP) is 5.56. The van der Waals surface area contributed by atoms with Crippen LogP contribution < -0.4 is 24.8 Å². The van der Waals surface area contributed by atoms with E-state index in [-0.39, 0.29) is 6.03 Å². The number of hydrogen-bond donors (Lipinski definition) is 2. The zero-order chi connectivity index (χ0) is 23.2. The Morgan fingerprint density at radius 3 is 2.06 bits per heavy atom. The Morgan fingerprint density at radius 1 is 0.848 bits per heavy atom. The van der Waals surface area contributed by atoms with Crippen LogP contribution in [-0.2, 0) is 0 Å². The van der Waals surface area contributed by atoms with Gasteiger partial charge in [0.2, 0.25) is 0 Å². The van der Waals surface area contributed by atoms with Gasteiger partial charge in [-0.2, -0.15) is 5.26 Å². The molecule has 0 saturated carbocycles. The number of methoxy groups -OCH3 is 2. The van der Waals surface area contributed by atoms with Gasteiger partial charge in [-0.3, -0.25) is 4.98 Å². The number of pyridine rings is 1. The Labute approximate surface area is 190 Å². The first-order valence-electron chi connectivity index (χ1n) is 9.96. The first-order chi connectivity index (χ1) is 16.1. The highest BCUT2D eigenvalue weighted by Crippen LogP contribution is 2.33. The van der Waals surface area contributed by atoms with Crippen LogP contribution in [0.4, 0.5) is 16.2 Å². The van der Waals surface area contributed by atoms with Gasteiger partial charge in [-0.1, -0.05) is 0 Å². The summed E-state index contributed by atoms with van der Waals surface area (Å²) >= 11 is 0. The number of nitrogens with zero attached hydrogens (tertiary/aromatic N) is 2. The summed E-state index contributed by atoms with van der Waals surface area (Å²) in [6.07, 6.45) is 1.63. The molecule has 0 unspecified atom stereocenters. The summed E-state index contributed by atoms with van der Waals surface area (Å²) in [6.45, 7) is 0. The number of nitriles is 1. The van der Waals surface area contributed by atoms with Crippen LogP contribution in [0, 0.1) is 11.3 Å². The van der Waals surface area contributed by atoms with Crippen molar-refractivity contribution >= 4 is 28.3 Å². The van der Waals surface area contributed by atoms with Crippen molar-refractivity contribution in [3.8, 4) is 29.1 Å². The van der Waals surface area contributed by atoms with Crippen molar-refractivity contribution in [3.05, 3.63) is 78.5 Å². The quantitative estimate of drug-likeness (QED) is 0.407. The lowest BCUT2D eigenvalue weighted by molar-refractivity contribution is 0.262. The molecule has 8 heteroatoms. The van der Waals surface area contributed by atoms with Crippen LogP contribution in [0.3, 0.4) is 0 Å². The number of hydrogen-bond acceptors (Lipinski definition) is 6. The fraction of sp³-hybridized carbons (Fsp3) is 0.0800. The molecule has 2 amide bonds. The van der Waals surface area contributed by atoms with Gasteiger partial charge in [-0.05, 0) is 60.7 Å². The van der Waals surface area contributed by atoms with Gasteiger partial charge in [0.05, 0.1) is 25.3 Å². The highest BCUT2D eigenvalue weighted by atomic mass is 16.5. The van der Waals surface area contributed by atoms with Crippen molar-refractivity contribution < 1.29 is 19.0 Å². The Bertz CT molecular complexity index is 1330. The van der Waals surface area contributed by atoms with Crippen molar-refractivity contribution in [2.24, 2.45) is 0 Å². The number of urea groups is 1. The molecular formula is C25H20N4O4. The highest BCUT2D eigenvalue weighted by molar-refractivity contribution is 5.99. The third-order valence-corrected chi connectivity index (χ3v) is 4.83. The second-order valence-corrected chi connectivity index (χ2v) is 6.92. The van der Waals surface area contributed by atoms with Crippen LogP contribution >= 0.6 is 0 Å². The van der Waals surface area contributed by atoms with E-state index in [4.69, 9.17) is 14.2 Å². The number of carbonyl (C=O) groups is 1. The van der Waals surface area contributed by atoms with Gasteiger partial charge in [0.1, 0.15) is 29.1 Å². The fourth-order valence-corrected chi connectivity index (χ4v) is 3.19. The molecule has 2 N–H and O–H groups in total. The molecule has 0 spiro atoms. The first kappa shape index (κ1) is 21.5. The Balaban J connectivity index is 1.46. The van der Waals surface area contributed by atoms with Gasteiger partial charge in [0, 0.05) is 29.0 Å². The van der Waals surface area contributed by atoms with Gasteiger partial charge >= 0.3 is 6.03 Å². The number of ether oxygens (including phenoxy) is 3. The molecule has 0 bridgehead atoms.